The zero-order valence-electron chi connectivity index (χ0n) is 22.0. The van der Waals surface area contributed by atoms with Crippen LogP contribution in [0.4, 0.5) is 5.69 Å². The van der Waals surface area contributed by atoms with Gasteiger partial charge >= 0.3 is 0 Å². The highest BCUT2D eigenvalue weighted by atomic mass is 127. The molecular weight excluding hydrogens is 687 g/mol. The Balaban J connectivity index is 1.42. The molecule has 3 aromatic carbocycles. The Labute approximate surface area is 256 Å². The molecule has 5 rings (SSSR count). The summed E-state index contributed by atoms with van der Waals surface area (Å²) < 4.78 is 13.8. The van der Waals surface area contributed by atoms with Crippen LogP contribution in [0.2, 0.25) is 0 Å². The zero-order valence-corrected chi connectivity index (χ0v) is 26.5. The van der Waals surface area contributed by atoms with Gasteiger partial charge in [-0.1, -0.05) is 65.0 Å². The Morgan fingerprint density at radius 3 is 2.49 bits per heavy atom. The van der Waals surface area contributed by atoms with Crippen LogP contribution in [-0.4, -0.2) is 29.1 Å². The van der Waals surface area contributed by atoms with Crippen molar-refractivity contribution in [1.29, 1.82) is 0 Å². The number of amides is 1. The van der Waals surface area contributed by atoms with Gasteiger partial charge in [-0.3, -0.25) is 9.69 Å². The molecule has 0 bridgehead atoms. The number of nitrogens with zero attached hydrogens (tertiary/aromatic N) is 2. The van der Waals surface area contributed by atoms with Gasteiger partial charge in [0.25, 0.3) is 5.91 Å². The van der Waals surface area contributed by atoms with E-state index in [4.69, 9.17) is 14.5 Å². The minimum atomic E-state index is 0.0299. The largest absolute Gasteiger partial charge is 0.493 e. The van der Waals surface area contributed by atoms with Crippen LogP contribution < -0.4 is 9.47 Å². The van der Waals surface area contributed by atoms with Crippen molar-refractivity contribution in [2.24, 2.45) is 4.99 Å². The number of thioether (sulfide) groups is 1. The van der Waals surface area contributed by atoms with Gasteiger partial charge in [-0.2, -0.15) is 0 Å². The maximum Gasteiger partial charge on any atom is 0.267 e. The fraction of sp³-hybridized carbons (Fsp3) is 0.290. The van der Waals surface area contributed by atoms with Gasteiger partial charge in [0.2, 0.25) is 0 Å². The lowest BCUT2D eigenvalue weighted by Gasteiger charge is -2.30. The molecule has 3 aromatic rings. The molecule has 0 radical (unpaired) electrons. The first-order valence-electron chi connectivity index (χ1n) is 13.0. The minimum absolute atomic E-state index is 0.0299. The quantitative estimate of drug-likeness (QED) is 0.181. The third kappa shape index (κ3) is 6.89. The first-order chi connectivity index (χ1) is 18.9. The molecule has 0 unspecified atom stereocenters. The lowest BCUT2D eigenvalue weighted by atomic mass is 9.94. The van der Waals surface area contributed by atoms with Gasteiger partial charge in [-0.25, -0.2) is 4.99 Å². The van der Waals surface area contributed by atoms with Crippen molar-refractivity contribution < 1.29 is 14.3 Å². The summed E-state index contributed by atoms with van der Waals surface area (Å²) in [5.41, 5.74) is 4.01. The SMILES string of the molecule is COc1cc(/C=C2/SC(=Nc3ccc(C)cc3)N(C3CCCCC3)C2=O)cc(I)c1OCc1ccc(Br)cc1. The smallest absolute Gasteiger partial charge is 0.267 e. The Morgan fingerprint density at radius 1 is 1.08 bits per heavy atom. The van der Waals surface area contributed by atoms with Crippen LogP contribution in [0.25, 0.3) is 6.08 Å². The van der Waals surface area contributed by atoms with Gasteiger partial charge in [-0.05, 0) is 108 Å². The number of ether oxygens (including phenoxy) is 2. The highest BCUT2D eigenvalue weighted by Crippen LogP contribution is 2.40. The molecule has 1 amide bonds. The van der Waals surface area contributed by atoms with Crippen LogP contribution in [-0.2, 0) is 11.4 Å². The third-order valence-corrected chi connectivity index (χ3v) is 9.19. The highest BCUT2D eigenvalue weighted by Gasteiger charge is 2.38. The molecule has 0 aromatic heterocycles. The van der Waals surface area contributed by atoms with Gasteiger partial charge in [0, 0.05) is 10.5 Å². The monoisotopic (exact) mass is 716 g/mol. The predicted octanol–water partition coefficient (Wildman–Crippen LogP) is 8.89. The number of rotatable bonds is 7. The molecule has 5 nitrogen and oxygen atoms in total. The summed E-state index contributed by atoms with van der Waals surface area (Å²) >= 11 is 7.19. The molecule has 0 N–H and O–H groups in total. The summed E-state index contributed by atoms with van der Waals surface area (Å²) in [7, 11) is 1.64. The molecule has 0 atom stereocenters. The van der Waals surface area contributed by atoms with E-state index in [0.29, 0.717) is 23.0 Å². The van der Waals surface area contributed by atoms with Crippen molar-refractivity contribution in [3.63, 3.8) is 0 Å². The Bertz CT molecular complexity index is 1400. The molecular formula is C31H30BrIN2O3S. The molecule has 202 valence electrons. The number of aliphatic imine (C=N–C) groups is 1. The van der Waals surface area contributed by atoms with Gasteiger partial charge in [0.05, 0.1) is 21.3 Å². The van der Waals surface area contributed by atoms with E-state index in [-0.39, 0.29) is 11.9 Å². The second-order valence-corrected chi connectivity index (χ2v) is 12.8. The molecule has 1 heterocycles. The van der Waals surface area contributed by atoms with Crippen molar-refractivity contribution in [2.45, 2.75) is 51.7 Å². The summed E-state index contributed by atoms with van der Waals surface area (Å²) in [4.78, 5) is 21.3. The van der Waals surface area contributed by atoms with E-state index >= 15 is 0 Å². The van der Waals surface area contributed by atoms with Crippen molar-refractivity contribution in [3.05, 3.63) is 90.3 Å². The van der Waals surface area contributed by atoms with Crippen molar-refractivity contribution in [1.82, 2.24) is 4.90 Å². The maximum atomic E-state index is 13.7. The number of methoxy groups -OCH3 is 1. The van der Waals surface area contributed by atoms with Crippen LogP contribution >= 0.6 is 50.3 Å². The molecule has 8 heteroatoms. The van der Waals surface area contributed by atoms with Crippen molar-refractivity contribution >= 4 is 73.1 Å². The Kier molecular flexibility index (Phi) is 9.35. The summed E-state index contributed by atoms with van der Waals surface area (Å²) in [5, 5.41) is 0.762. The number of halogens is 2. The third-order valence-electron chi connectivity index (χ3n) is 6.88. The Morgan fingerprint density at radius 2 is 1.79 bits per heavy atom. The number of amidine groups is 1. The molecule has 1 aliphatic heterocycles. The molecule has 1 saturated carbocycles. The number of aryl methyl sites for hydroxylation is 1. The molecule has 2 fully saturated rings. The number of benzene rings is 3. The number of hydrogen-bond donors (Lipinski definition) is 0. The van der Waals surface area contributed by atoms with Crippen LogP contribution in [0, 0.1) is 10.5 Å². The first kappa shape index (κ1) is 28.2. The second-order valence-electron chi connectivity index (χ2n) is 9.76. The standard InChI is InChI=1S/C31H30BrIN2O3S/c1-20-8-14-24(15-9-20)34-31-35(25-6-4-3-5-7-25)30(36)28(39-31)18-22-16-26(33)29(27(17-22)37-2)38-19-21-10-12-23(32)13-11-21/h8-18,25H,3-7,19H2,1-2H3/b28-18+,34-31?. The average Bonchev–Trinajstić information content (AvgIpc) is 3.24. The first-order valence-corrected chi connectivity index (χ1v) is 15.7. The number of carbonyl (C=O) groups is 1. The lowest BCUT2D eigenvalue weighted by Crippen LogP contribution is -2.40. The van der Waals surface area contributed by atoms with E-state index < -0.39 is 0 Å². The maximum absolute atomic E-state index is 13.7. The molecule has 2 aliphatic rings. The van der Waals surface area contributed by atoms with E-state index in [1.807, 2.05) is 59.5 Å². The van der Waals surface area contributed by atoms with E-state index in [0.717, 1.165) is 55.7 Å². The highest BCUT2D eigenvalue weighted by molar-refractivity contribution is 14.1. The normalized spacial score (nSPS) is 18.3. The molecule has 0 spiro atoms. The van der Waals surface area contributed by atoms with Crippen LogP contribution in [0.5, 0.6) is 11.5 Å². The fourth-order valence-electron chi connectivity index (χ4n) is 4.81. The van der Waals surface area contributed by atoms with Crippen molar-refractivity contribution in [2.75, 3.05) is 7.11 Å². The summed E-state index contributed by atoms with van der Waals surface area (Å²) in [6, 6.07) is 20.3. The topological polar surface area (TPSA) is 51.1 Å². The summed E-state index contributed by atoms with van der Waals surface area (Å²) in [5.74, 6) is 1.36. The van der Waals surface area contributed by atoms with E-state index in [2.05, 4.69) is 57.6 Å². The van der Waals surface area contributed by atoms with Crippen molar-refractivity contribution in [3.8, 4) is 11.5 Å². The van der Waals surface area contributed by atoms with E-state index in [1.165, 1.54) is 23.7 Å². The predicted molar refractivity (Wildman–Crippen MR) is 172 cm³/mol. The van der Waals surface area contributed by atoms with Gasteiger partial charge in [0.1, 0.15) is 6.61 Å². The zero-order chi connectivity index (χ0) is 27.4. The minimum Gasteiger partial charge on any atom is -0.493 e. The summed E-state index contributed by atoms with van der Waals surface area (Å²) in [6.07, 6.45) is 7.50. The second kappa shape index (κ2) is 12.9. The van der Waals surface area contributed by atoms with Crippen LogP contribution in [0.1, 0.15) is 48.8 Å². The van der Waals surface area contributed by atoms with Gasteiger partial charge in [-0.15, -0.1) is 0 Å². The molecule has 1 aliphatic carbocycles. The van der Waals surface area contributed by atoms with Crippen LogP contribution in [0.3, 0.4) is 0 Å². The fourth-order valence-corrected chi connectivity index (χ4v) is 6.91. The Hall–Kier alpha value is -2.30. The molecule has 39 heavy (non-hydrogen) atoms. The van der Waals surface area contributed by atoms with E-state index in [9.17, 15) is 4.79 Å². The van der Waals surface area contributed by atoms with Crippen LogP contribution in [0.15, 0.2) is 75.0 Å². The number of hydrogen-bond acceptors (Lipinski definition) is 5. The lowest BCUT2D eigenvalue weighted by molar-refractivity contribution is -0.124. The summed E-state index contributed by atoms with van der Waals surface area (Å²) in [6.45, 7) is 2.50. The van der Waals surface area contributed by atoms with Gasteiger partial charge in [0.15, 0.2) is 16.7 Å². The average molecular weight is 717 g/mol. The van der Waals surface area contributed by atoms with E-state index in [1.54, 1.807) is 7.11 Å². The van der Waals surface area contributed by atoms with Gasteiger partial charge < -0.3 is 9.47 Å². The number of carbonyl (C=O) groups excluding carboxylic acids is 1. The molecule has 1 saturated heterocycles.